The molecular weight excluding hydrogens is 330 g/mol. The second-order valence-electron chi connectivity index (χ2n) is 4.84. The van der Waals surface area contributed by atoms with Crippen LogP contribution in [0.3, 0.4) is 0 Å². The van der Waals surface area contributed by atoms with Crippen molar-refractivity contribution in [2.45, 2.75) is 17.0 Å². The molecule has 120 valence electrons. The Bertz CT molecular complexity index is 909. The van der Waals surface area contributed by atoms with Gasteiger partial charge in [-0.2, -0.15) is 0 Å². The van der Waals surface area contributed by atoms with E-state index in [1.807, 2.05) is 30.3 Å². The summed E-state index contributed by atoms with van der Waals surface area (Å²) in [6.07, 6.45) is 0. The molecule has 7 nitrogen and oxygen atoms in total. The molecule has 24 heavy (non-hydrogen) atoms. The Morgan fingerprint density at radius 3 is 2.58 bits per heavy atom. The summed E-state index contributed by atoms with van der Waals surface area (Å²) < 4.78 is 5.54. The Hall–Kier alpha value is -3.00. The van der Waals surface area contributed by atoms with Crippen LogP contribution in [0, 0.1) is 10.1 Å². The molecule has 0 atom stereocenters. The summed E-state index contributed by atoms with van der Waals surface area (Å²) in [5.74, 6) is 0.0971. The van der Waals surface area contributed by atoms with Crippen LogP contribution in [0.15, 0.2) is 63.1 Å². The van der Waals surface area contributed by atoms with Gasteiger partial charge in [-0.3, -0.25) is 14.9 Å². The molecule has 0 saturated carbocycles. The maximum atomic E-state index is 11.4. The zero-order chi connectivity index (χ0) is 17.1. The standard InChI is InChI=1S/C16H11N3O4S/c1-10(20)12-7-8-14(13(9-12)19(21)22)24-16-18-17-15(23-16)11-5-3-2-4-6-11/h2-9H,1H3. The summed E-state index contributed by atoms with van der Waals surface area (Å²) in [6, 6.07) is 13.5. The molecule has 0 amide bonds. The van der Waals surface area contributed by atoms with Gasteiger partial charge in [0, 0.05) is 17.2 Å². The minimum absolute atomic E-state index is 0.174. The first-order valence-corrected chi connectivity index (χ1v) is 7.72. The summed E-state index contributed by atoms with van der Waals surface area (Å²) in [5.41, 5.74) is 0.868. The van der Waals surface area contributed by atoms with Gasteiger partial charge in [0.15, 0.2) is 5.78 Å². The van der Waals surface area contributed by atoms with Crippen molar-refractivity contribution in [3.05, 3.63) is 64.2 Å². The van der Waals surface area contributed by atoms with Crippen molar-refractivity contribution in [3.8, 4) is 11.5 Å². The third kappa shape index (κ3) is 3.33. The maximum Gasteiger partial charge on any atom is 0.284 e. The Balaban J connectivity index is 1.90. The lowest BCUT2D eigenvalue weighted by Gasteiger charge is -2.01. The highest BCUT2D eigenvalue weighted by Gasteiger charge is 2.20. The molecule has 2 aromatic carbocycles. The Morgan fingerprint density at radius 2 is 1.92 bits per heavy atom. The molecule has 0 spiro atoms. The van der Waals surface area contributed by atoms with Crippen molar-refractivity contribution in [1.82, 2.24) is 10.2 Å². The van der Waals surface area contributed by atoms with Gasteiger partial charge < -0.3 is 4.42 Å². The van der Waals surface area contributed by atoms with Crippen molar-refractivity contribution in [2.75, 3.05) is 0 Å². The lowest BCUT2D eigenvalue weighted by atomic mass is 10.1. The number of Topliss-reactive ketones (excluding diaryl/α,β-unsaturated/α-hetero) is 1. The van der Waals surface area contributed by atoms with Gasteiger partial charge in [0.1, 0.15) is 0 Å². The predicted octanol–water partition coefficient (Wildman–Crippen LogP) is 4.00. The number of benzene rings is 2. The fourth-order valence-electron chi connectivity index (χ4n) is 2.01. The van der Waals surface area contributed by atoms with E-state index in [0.717, 1.165) is 17.3 Å². The Kier molecular flexibility index (Phi) is 4.39. The number of aromatic nitrogens is 2. The molecule has 0 unspecified atom stereocenters. The highest BCUT2D eigenvalue weighted by atomic mass is 32.2. The molecule has 0 radical (unpaired) electrons. The highest BCUT2D eigenvalue weighted by molar-refractivity contribution is 7.99. The number of rotatable bonds is 5. The van der Waals surface area contributed by atoms with Crippen molar-refractivity contribution >= 4 is 23.2 Å². The molecule has 0 bridgehead atoms. The summed E-state index contributed by atoms with van der Waals surface area (Å²) in [6.45, 7) is 1.36. The summed E-state index contributed by atoms with van der Waals surface area (Å²) >= 11 is 0.985. The van der Waals surface area contributed by atoms with E-state index < -0.39 is 4.92 Å². The fraction of sp³-hybridized carbons (Fsp3) is 0.0625. The lowest BCUT2D eigenvalue weighted by molar-refractivity contribution is -0.387. The molecular formula is C16H11N3O4S. The topological polar surface area (TPSA) is 99.1 Å². The third-order valence-electron chi connectivity index (χ3n) is 3.19. The van der Waals surface area contributed by atoms with Crippen molar-refractivity contribution in [2.24, 2.45) is 0 Å². The SMILES string of the molecule is CC(=O)c1ccc(Sc2nnc(-c3ccccc3)o2)c([N+](=O)[O-])c1. The molecule has 0 aliphatic heterocycles. The zero-order valence-corrected chi connectivity index (χ0v) is 13.3. The maximum absolute atomic E-state index is 11.4. The summed E-state index contributed by atoms with van der Waals surface area (Å²) in [5, 5.41) is 19.3. The van der Waals surface area contributed by atoms with Crippen molar-refractivity contribution in [3.63, 3.8) is 0 Å². The monoisotopic (exact) mass is 341 g/mol. The summed E-state index contributed by atoms with van der Waals surface area (Å²) in [4.78, 5) is 22.4. The van der Waals surface area contributed by atoms with Gasteiger partial charge in [0.25, 0.3) is 10.9 Å². The number of hydrogen-bond acceptors (Lipinski definition) is 7. The van der Waals surface area contributed by atoms with E-state index in [0.29, 0.717) is 10.8 Å². The normalized spacial score (nSPS) is 10.5. The average Bonchev–Trinajstić information content (AvgIpc) is 3.04. The van der Waals surface area contributed by atoms with E-state index in [4.69, 9.17) is 4.42 Å². The molecule has 3 rings (SSSR count). The van der Waals surface area contributed by atoms with E-state index >= 15 is 0 Å². The molecule has 0 N–H and O–H groups in total. The first-order chi connectivity index (χ1) is 11.5. The van der Waals surface area contributed by atoms with E-state index in [1.165, 1.54) is 25.1 Å². The number of hydrogen-bond donors (Lipinski definition) is 0. The van der Waals surface area contributed by atoms with Crippen LogP contribution in [0.25, 0.3) is 11.5 Å². The van der Waals surface area contributed by atoms with E-state index in [2.05, 4.69) is 10.2 Å². The number of carbonyl (C=O) groups excluding carboxylic acids is 1. The number of nitro benzene ring substituents is 1. The Labute approximate surface area is 140 Å². The van der Waals surface area contributed by atoms with Gasteiger partial charge in [0.05, 0.1) is 9.82 Å². The van der Waals surface area contributed by atoms with E-state index in [-0.39, 0.29) is 22.3 Å². The van der Waals surface area contributed by atoms with Gasteiger partial charge in [-0.1, -0.05) is 18.2 Å². The van der Waals surface area contributed by atoms with E-state index in [1.54, 1.807) is 0 Å². The third-order valence-corrected chi connectivity index (χ3v) is 4.09. The van der Waals surface area contributed by atoms with Gasteiger partial charge in [-0.15, -0.1) is 10.2 Å². The summed E-state index contributed by atoms with van der Waals surface area (Å²) in [7, 11) is 0. The van der Waals surface area contributed by atoms with Gasteiger partial charge in [0.2, 0.25) is 5.89 Å². The van der Waals surface area contributed by atoms with Gasteiger partial charge in [-0.05, 0) is 43.0 Å². The van der Waals surface area contributed by atoms with Crippen LogP contribution in [0.2, 0.25) is 0 Å². The molecule has 0 saturated heterocycles. The van der Waals surface area contributed by atoms with Crippen molar-refractivity contribution in [1.29, 1.82) is 0 Å². The van der Waals surface area contributed by atoms with Crippen LogP contribution < -0.4 is 0 Å². The largest absolute Gasteiger partial charge is 0.411 e. The first kappa shape index (κ1) is 15.9. The lowest BCUT2D eigenvalue weighted by Crippen LogP contribution is -1.97. The zero-order valence-electron chi connectivity index (χ0n) is 12.5. The molecule has 8 heteroatoms. The van der Waals surface area contributed by atoms with Crippen LogP contribution in [0.5, 0.6) is 0 Å². The van der Waals surface area contributed by atoms with Crippen LogP contribution in [-0.4, -0.2) is 20.9 Å². The van der Waals surface area contributed by atoms with E-state index in [9.17, 15) is 14.9 Å². The smallest absolute Gasteiger partial charge is 0.284 e. The molecule has 1 heterocycles. The minimum Gasteiger partial charge on any atom is -0.411 e. The molecule has 0 aliphatic carbocycles. The van der Waals surface area contributed by atoms with Gasteiger partial charge >= 0.3 is 0 Å². The number of ketones is 1. The number of nitro groups is 1. The van der Waals surface area contributed by atoms with Gasteiger partial charge in [-0.25, -0.2) is 0 Å². The minimum atomic E-state index is -0.538. The van der Waals surface area contributed by atoms with Crippen molar-refractivity contribution < 1.29 is 14.1 Å². The molecule has 3 aromatic rings. The second-order valence-corrected chi connectivity index (χ2v) is 5.83. The van der Waals surface area contributed by atoms with Crippen LogP contribution in [-0.2, 0) is 0 Å². The van der Waals surface area contributed by atoms with Crippen LogP contribution in [0.4, 0.5) is 5.69 Å². The van der Waals surface area contributed by atoms with Crippen LogP contribution >= 0.6 is 11.8 Å². The second kappa shape index (κ2) is 6.63. The fourth-order valence-corrected chi connectivity index (χ4v) is 2.77. The average molecular weight is 341 g/mol. The number of nitrogens with zero attached hydrogens (tertiary/aromatic N) is 3. The highest BCUT2D eigenvalue weighted by Crippen LogP contribution is 2.35. The molecule has 0 aliphatic rings. The Morgan fingerprint density at radius 1 is 1.17 bits per heavy atom. The molecule has 1 aromatic heterocycles. The number of carbonyl (C=O) groups is 1. The first-order valence-electron chi connectivity index (χ1n) is 6.91. The van der Waals surface area contributed by atoms with Crippen LogP contribution in [0.1, 0.15) is 17.3 Å². The quantitative estimate of drug-likeness (QED) is 0.393. The predicted molar refractivity (Wildman–Crippen MR) is 87.0 cm³/mol. The molecule has 0 fully saturated rings.